The Labute approximate surface area is 185 Å². The van der Waals surface area contributed by atoms with Crippen LogP contribution in [0.4, 0.5) is 23.0 Å². The first-order valence-electron chi connectivity index (χ1n) is 9.79. The monoisotopic (exact) mass is 450 g/mol. The van der Waals surface area contributed by atoms with Crippen LogP contribution in [0.25, 0.3) is 16.8 Å². The Morgan fingerprint density at radius 2 is 1.81 bits per heavy atom. The molecule has 0 aliphatic carbocycles. The largest absolute Gasteiger partial charge is 0.371 e. The number of carbonyl (C=O) groups is 1. The maximum Gasteiger partial charge on any atom is 0.245 e. The highest BCUT2D eigenvalue weighted by molar-refractivity contribution is 7.90. The molecule has 0 aliphatic heterocycles. The molecule has 0 spiro atoms. The molecule has 10 heteroatoms. The van der Waals surface area contributed by atoms with E-state index in [1.165, 1.54) is 13.2 Å². The van der Waals surface area contributed by atoms with Gasteiger partial charge in [0.2, 0.25) is 11.9 Å². The van der Waals surface area contributed by atoms with Crippen LogP contribution >= 0.6 is 0 Å². The van der Waals surface area contributed by atoms with Crippen LogP contribution in [0, 0.1) is 0 Å². The summed E-state index contributed by atoms with van der Waals surface area (Å²) in [5.74, 6) is 0.0520. The van der Waals surface area contributed by atoms with Crippen molar-refractivity contribution < 1.29 is 13.2 Å². The van der Waals surface area contributed by atoms with Gasteiger partial charge in [-0.05, 0) is 36.4 Å². The average Bonchev–Trinajstić information content (AvgIpc) is 3.15. The topological polar surface area (TPSA) is 117 Å². The summed E-state index contributed by atoms with van der Waals surface area (Å²) in [4.78, 5) is 15.7. The summed E-state index contributed by atoms with van der Waals surface area (Å²) >= 11 is 0. The third kappa shape index (κ3) is 5.03. The van der Waals surface area contributed by atoms with Gasteiger partial charge in [-0.15, -0.1) is 5.10 Å². The summed E-state index contributed by atoms with van der Waals surface area (Å²) in [6.07, 6.45) is 2.88. The van der Waals surface area contributed by atoms with Gasteiger partial charge in [0.05, 0.1) is 17.4 Å². The van der Waals surface area contributed by atoms with E-state index >= 15 is 0 Å². The van der Waals surface area contributed by atoms with Crippen LogP contribution in [-0.2, 0) is 14.6 Å². The Hall–Kier alpha value is -3.92. The zero-order valence-electron chi connectivity index (χ0n) is 17.5. The van der Waals surface area contributed by atoms with Gasteiger partial charge in [-0.1, -0.05) is 24.3 Å². The molecule has 164 valence electrons. The molecule has 0 bridgehead atoms. The van der Waals surface area contributed by atoms with Crippen LogP contribution in [0.1, 0.15) is 6.92 Å². The smallest absolute Gasteiger partial charge is 0.245 e. The number of rotatable bonds is 7. The third-order valence-electron chi connectivity index (χ3n) is 4.57. The van der Waals surface area contributed by atoms with Gasteiger partial charge >= 0.3 is 0 Å². The number of anilines is 4. The summed E-state index contributed by atoms with van der Waals surface area (Å²) in [5.41, 5.74) is 4.46. The molecule has 4 aromatic rings. The molecular weight excluding hydrogens is 428 g/mol. The van der Waals surface area contributed by atoms with E-state index in [2.05, 4.69) is 26.0 Å². The minimum absolute atomic E-state index is 0.153. The minimum atomic E-state index is -3.18. The Morgan fingerprint density at radius 1 is 1.03 bits per heavy atom. The Bertz CT molecular complexity index is 1400. The highest BCUT2D eigenvalue weighted by Crippen LogP contribution is 2.29. The maximum atomic E-state index is 11.6. The van der Waals surface area contributed by atoms with E-state index in [-0.39, 0.29) is 11.8 Å². The van der Waals surface area contributed by atoms with Crippen LogP contribution in [0.3, 0.4) is 0 Å². The maximum absolute atomic E-state index is 11.6. The molecule has 2 heterocycles. The second-order valence-corrected chi connectivity index (χ2v) is 9.46. The lowest BCUT2D eigenvalue weighted by Gasteiger charge is -2.12. The summed E-state index contributed by atoms with van der Waals surface area (Å²) in [6.45, 7) is 1.45. The fourth-order valence-corrected chi connectivity index (χ4v) is 3.66. The van der Waals surface area contributed by atoms with Crippen LogP contribution in [-0.4, -0.2) is 41.1 Å². The van der Waals surface area contributed by atoms with Crippen molar-refractivity contribution in [2.24, 2.45) is 0 Å². The number of hydrogen-bond donors (Lipinski definition) is 3. The first-order valence-corrected chi connectivity index (χ1v) is 11.8. The molecule has 0 saturated heterocycles. The molecule has 1 amide bonds. The molecule has 3 N–H and O–H groups in total. The predicted molar refractivity (Wildman–Crippen MR) is 126 cm³/mol. The van der Waals surface area contributed by atoms with Crippen LogP contribution in [0.5, 0.6) is 0 Å². The molecule has 32 heavy (non-hydrogen) atoms. The molecule has 0 aliphatic rings. The van der Waals surface area contributed by atoms with Crippen molar-refractivity contribution in [1.29, 1.82) is 0 Å². The molecule has 0 radical (unpaired) electrons. The number of amides is 1. The Kier molecular flexibility index (Phi) is 5.78. The number of carbonyl (C=O) groups excluding carboxylic acids is 1. The summed E-state index contributed by atoms with van der Waals surface area (Å²) in [5, 5.41) is 13.5. The quantitative estimate of drug-likeness (QED) is 0.394. The zero-order valence-corrected chi connectivity index (χ0v) is 18.3. The van der Waals surface area contributed by atoms with Gasteiger partial charge in [0, 0.05) is 35.8 Å². The average molecular weight is 451 g/mol. The number of benzene rings is 2. The van der Waals surface area contributed by atoms with Crippen molar-refractivity contribution in [1.82, 2.24) is 14.6 Å². The number of aromatic nitrogens is 3. The van der Waals surface area contributed by atoms with Crippen molar-refractivity contribution >= 4 is 44.3 Å². The molecule has 2 aromatic carbocycles. The number of para-hydroxylation sites is 1. The van der Waals surface area contributed by atoms with Crippen molar-refractivity contribution in [2.45, 2.75) is 6.92 Å². The van der Waals surface area contributed by atoms with Crippen molar-refractivity contribution in [3.8, 4) is 11.3 Å². The highest BCUT2D eigenvalue weighted by atomic mass is 32.2. The first kappa shape index (κ1) is 21.3. The van der Waals surface area contributed by atoms with Gasteiger partial charge in [-0.25, -0.2) is 17.9 Å². The van der Waals surface area contributed by atoms with Crippen LogP contribution < -0.4 is 16.0 Å². The number of fused-ring (bicyclic) bond motifs is 1. The fourth-order valence-electron chi connectivity index (χ4n) is 3.24. The SMILES string of the molecule is CC(=O)Nc1cccc(Nc2ncc3ccc(-c4ccccc4NCS(C)(=O)=O)n3n2)c1. The van der Waals surface area contributed by atoms with E-state index < -0.39 is 9.84 Å². The third-order valence-corrected chi connectivity index (χ3v) is 5.23. The fraction of sp³-hybridized carbons (Fsp3) is 0.136. The van der Waals surface area contributed by atoms with Crippen molar-refractivity contribution in [3.63, 3.8) is 0 Å². The van der Waals surface area contributed by atoms with Crippen LogP contribution in [0.2, 0.25) is 0 Å². The molecule has 0 fully saturated rings. The van der Waals surface area contributed by atoms with E-state index in [4.69, 9.17) is 0 Å². The summed E-state index contributed by atoms with van der Waals surface area (Å²) < 4.78 is 24.9. The molecule has 0 saturated carbocycles. The first-order chi connectivity index (χ1) is 15.3. The van der Waals surface area contributed by atoms with E-state index in [0.717, 1.165) is 22.5 Å². The molecule has 9 nitrogen and oxygen atoms in total. The Morgan fingerprint density at radius 3 is 2.59 bits per heavy atom. The van der Waals surface area contributed by atoms with Gasteiger partial charge in [0.25, 0.3) is 0 Å². The molecule has 2 aromatic heterocycles. The number of nitrogens with one attached hydrogen (secondary N) is 3. The highest BCUT2D eigenvalue weighted by Gasteiger charge is 2.13. The van der Waals surface area contributed by atoms with Gasteiger partial charge < -0.3 is 16.0 Å². The zero-order chi connectivity index (χ0) is 22.7. The van der Waals surface area contributed by atoms with E-state index in [0.29, 0.717) is 17.3 Å². The van der Waals surface area contributed by atoms with E-state index in [1.54, 1.807) is 22.8 Å². The van der Waals surface area contributed by atoms with E-state index in [1.807, 2.05) is 48.5 Å². The summed E-state index contributed by atoms with van der Waals surface area (Å²) in [7, 11) is -3.18. The van der Waals surface area contributed by atoms with E-state index in [9.17, 15) is 13.2 Å². The predicted octanol–water partition coefficient (Wildman–Crippen LogP) is 3.51. The molecule has 4 rings (SSSR count). The standard InChI is InChI=1S/C22H22N6O3S/c1-15(29)25-16-6-5-7-17(12-16)26-22-23-13-18-10-11-21(28(18)27-22)19-8-3-4-9-20(19)24-14-32(2,30)31/h3-13,24H,14H2,1-2H3,(H,25,29)(H,26,27). The molecular formula is C22H22N6O3S. The van der Waals surface area contributed by atoms with Crippen LogP contribution in [0.15, 0.2) is 66.9 Å². The summed E-state index contributed by atoms with van der Waals surface area (Å²) in [6, 6.07) is 18.5. The lowest BCUT2D eigenvalue weighted by Crippen LogP contribution is -2.13. The second-order valence-electron chi connectivity index (χ2n) is 7.32. The number of hydrogen-bond acceptors (Lipinski definition) is 7. The van der Waals surface area contributed by atoms with Crippen molar-refractivity contribution in [2.75, 3.05) is 28.1 Å². The normalized spacial score (nSPS) is 11.3. The van der Waals surface area contributed by atoms with Gasteiger partial charge in [0.1, 0.15) is 5.88 Å². The van der Waals surface area contributed by atoms with Gasteiger partial charge in [0.15, 0.2) is 9.84 Å². The minimum Gasteiger partial charge on any atom is -0.371 e. The molecule has 0 atom stereocenters. The second kappa shape index (κ2) is 8.67. The lowest BCUT2D eigenvalue weighted by atomic mass is 10.1. The lowest BCUT2D eigenvalue weighted by molar-refractivity contribution is -0.114. The van der Waals surface area contributed by atoms with Gasteiger partial charge in [-0.2, -0.15) is 0 Å². The number of nitrogens with zero attached hydrogens (tertiary/aromatic N) is 3. The Balaban J connectivity index is 1.67. The van der Waals surface area contributed by atoms with Crippen molar-refractivity contribution in [3.05, 3.63) is 66.9 Å². The molecule has 0 unspecified atom stereocenters. The number of sulfone groups is 1. The van der Waals surface area contributed by atoms with Gasteiger partial charge in [-0.3, -0.25) is 4.79 Å².